The van der Waals surface area contributed by atoms with Crippen LogP contribution < -0.4 is 5.32 Å². The summed E-state index contributed by atoms with van der Waals surface area (Å²) < 4.78 is 14.0. The van der Waals surface area contributed by atoms with E-state index in [4.69, 9.17) is 0 Å². The molecule has 0 heterocycles. The lowest BCUT2D eigenvalue weighted by Crippen LogP contribution is -2.47. The summed E-state index contributed by atoms with van der Waals surface area (Å²) in [6.45, 7) is 2.06. The van der Waals surface area contributed by atoms with E-state index in [0.717, 1.165) is 0 Å². The second-order valence-corrected chi connectivity index (χ2v) is 5.87. The van der Waals surface area contributed by atoms with Crippen LogP contribution in [0.1, 0.15) is 17.3 Å². The number of rotatable bonds is 5. The van der Waals surface area contributed by atoms with Crippen molar-refractivity contribution in [3.63, 3.8) is 0 Å². The van der Waals surface area contributed by atoms with Crippen LogP contribution in [0.2, 0.25) is 0 Å². The fourth-order valence-corrected chi connectivity index (χ4v) is 2.33. The minimum absolute atomic E-state index is 0.0464. The van der Waals surface area contributed by atoms with Crippen molar-refractivity contribution in [2.75, 3.05) is 27.2 Å². The highest BCUT2D eigenvalue weighted by Crippen LogP contribution is 2.19. The molecule has 0 aliphatic rings. The smallest absolute Gasteiger partial charge is 0.255 e. The summed E-state index contributed by atoms with van der Waals surface area (Å²) in [5, 5.41) is 12.6. The first-order chi connectivity index (χ1) is 8.73. The van der Waals surface area contributed by atoms with Crippen LogP contribution in [-0.4, -0.2) is 48.7 Å². The molecule has 0 aliphatic carbocycles. The molecule has 4 nitrogen and oxygen atoms in total. The van der Waals surface area contributed by atoms with Gasteiger partial charge in [-0.15, -0.1) is 0 Å². The first-order valence-corrected chi connectivity index (χ1v) is 6.61. The number of hydrogen-bond donors (Lipinski definition) is 2. The van der Waals surface area contributed by atoms with E-state index >= 15 is 0 Å². The van der Waals surface area contributed by atoms with E-state index in [1.165, 1.54) is 12.1 Å². The van der Waals surface area contributed by atoms with Gasteiger partial charge in [0.2, 0.25) is 0 Å². The summed E-state index contributed by atoms with van der Waals surface area (Å²) in [7, 11) is 3.65. The third-order valence-corrected chi connectivity index (χ3v) is 3.14. The molecule has 0 bridgehead atoms. The Morgan fingerprint density at radius 1 is 1.53 bits per heavy atom. The minimum Gasteiger partial charge on any atom is -0.387 e. The van der Waals surface area contributed by atoms with Crippen LogP contribution in [0.3, 0.4) is 0 Å². The van der Waals surface area contributed by atoms with Crippen LogP contribution in [0.5, 0.6) is 0 Å². The van der Waals surface area contributed by atoms with Crippen molar-refractivity contribution >= 4 is 21.8 Å². The van der Waals surface area contributed by atoms with Gasteiger partial charge in [0.15, 0.2) is 0 Å². The zero-order chi connectivity index (χ0) is 14.6. The molecule has 0 saturated heterocycles. The first kappa shape index (κ1) is 16.1. The Morgan fingerprint density at radius 2 is 2.16 bits per heavy atom. The van der Waals surface area contributed by atoms with Crippen molar-refractivity contribution in [1.82, 2.24) is 10.2 Å². The summed E-state index contributed by atoms with van der Waals surface area (Å²) in [6.07, 6.45) is 0. The number of aliphatic hydroxyl groups is 1. The van der Waals surface area contributed by atoms with Gasteiger partial charge in [0.1, 0.15) is 5.82 Å². The average molecular weight is 333 g/mol. The molecule has 0 radical (unpaired) electrons. The topological polar surface area (TPSA) is 52.6 Å². The number of likely N-dealkylation sites (N-methyl/N-ethyl adjacent to an activating group) is 1. The summed E-state index contributed by atoms with van der Waals surface area (Å²) in [5.41, 5.74) is -1.13. The highest BCUT2D eigenvalue weighted by molar-refractivity contribution is 9.10. The molecule has 1 amide bonds. The Balaban J connectivity index is 2.71. The lowest BCUT2D eigenvalue weighted by atomic mass is 10.1. The largest absolute Gasteiger partial charge is 0.387 e. The predicted molar refractivity (Wildman–Crippen MR) is 75.6 cm³/mol. The number of hydrogen-bond acceptors (Lipinski definition) is 3. The maximum absolute atomic E-state index is 13.6. The molecule has 1 rings (SSSR count). The molecular formula is C13H18BrFN2O2. The summed E-state index contributed by atoms with van der Waals surface area (Å²) in [4.78, 5) is 13.7. The van der Waals surface area contributed by atoms with Gasteiger partial charge in [-0.2, -0.15) is 0 Å². The van der Waals surface area contributed by atoms with Crippen LogP contribution >= 0.6 is 15.9 Å². The third-order valence-electron chi connectivity index (χ3n) is 2.48. The van der Waals surface area contributed by atoms with Gasteiger partial charge in [0, 0.05) is 17.6 Å². The van der Waals surface area contributed by atoms with Crippen LogP contribution in [-0.2, 0) is 0 Å². The zero-order valence-electron chi connectivity index (χ0n) is 11.2. The maximum Gasteiger partial charge on any atom is 0.255 e. The van der Waals surface area contributed by atoms with Gasteiger partial charge in [-0.3, -0.25) is 4.79 Å². The number of amides is 1. The molecular weight excluding hydrogens is 315 g/mol. The highest BCUT2D eigenvalue weighted by atomic mass is 79.9. The molecule has 19 heavy (non-hydrogen) atoms. The monoisotopic (exact) mass is 332 g/mol. The van der Waals surface area contributed by atoms with E-state index in [1.54, 1.807) is 13.0 Å². The zero-order valence-corrected chi connectivity index (χ0v) is 12.8. The summed E-state index contributed by atoms with van der Waals surface area (Å²) in [6, 6.07) is 4.33. The lowest BCUT2D eigenvalue weighted by Gasteiger charge is -2.27. The van der Waals surface area contributed by atoms with Crippen molar-refractivity contribution in [3.8, 4) is 0 Å². The standard InChI is InChI=1S/C13H18BrFN2O2/c1-13(19,8-17(2)3)7-16-12(18)11-9(14)5-4-6-10(11)15/h4-6,19H,7-8H2,1-3H3,(H,16,18). The molecule has 1 aromatic rings. The fraction of sp³-hybridized carbons (Fsp3) is 0.462. The van der Waals surface area contributed by atoms with E-state index in [9.17, 15) is 14.3 Å². The molecule has 0 saturated carbocycles. The number of benzene rings is 1. The van der Waals surface area contributed by atoms with E-state index in [2.05, 4.69) is 21.2 Å². The Morgan fingerprint density at radius 3 is 2.68 bits per heavy atom. The van der Waals surface area contributed by atoms with Crippen LogP contribution in [0.15, 0.2) is 22.7 Å². The highest BCUT2D eigenvalue weighted by Gasteiger charge is 2.23. The van der Waals surface area contributed by atoms with Gasteiger partial charge in [-0.25, -0.2) is 4.39 Å². The molecule has 1 atom stereocenters. The second kappa shape index (κ2) is 6.45. The van der Waals surface area contributed by atoms with Crippen LogP contribution in [0.25, 0.3) is 0 Å². The Bertz CT molecular complexity index is 444. The SMILES string of the molecule is CN(C)CC(C)(O)CNC(=O)c1c(F)cccc1Br. The van der Waals surface area contributed by atoms with Gasteiger partial charge in [-0.1, -0.05) is 6.07 Å². The second-order valence-electron chi connectivity index (χ2n) is 5.01. The van der Waals surface area contributed by atoms with Gasteiger partial charge in [0.05, 0.1) is 11.2 Å². The average Bonchev–Trinajstić information content (AvgIpc) is 2.24. The number of carbonyl (C=O) groups is 1. The van der Waals surface area contributed by atoms with Gasteiger partial charge in [0.25, 0.3) is 5.91 Å². The maximum atomic E-state index is 13.6. The number of carbonyl (C=O) groups excluding carboxylic acids is 1. The molecule has 1 unspecified atom stereocenters. The molecule has 2 N–H and O–H groups in total. The summed E-state index contributed by atoms with van der Waals surface area (Å²) >= 11 is 3.14. The molecule has 6 heteroatoms. The molecule has 0 spiro atoms. The number of halogens is 2. The molecule has 1 aromatic carbocycles. The number of nitrogens with one attached hydrogen (secondary N) is 1. The molecule has 0 fully saturated rings. The van der Waals surface area contributed by atoms with Gasteiger partial charge >= 0.3 is 0 Å². The van der Waals surface area contributed by atoms with Gasteiger partial charge < -0.3 is 15.3 Å². The molecule has 0 aromatic heterocycles. The van der Waals surface area contributed by atoms with E-state index in [0.29, 0.717) is 11.0 Å². The van der Waals surface area contributed by atoms with Crippen molar-refractivity contribution in [3.05, 3.63) is 34.1 Å². The molecule has 0 aliphatic heterocycles. The number of nitrogens with zero attached hydrogens (tertiary/aromatic N) is 1. The van der Waals surface area contributed by atoms with E-state index in [-0.39, 0.29) is 12.1 Å². The Kier molecular flexibility index (Phi) is 5.46. The van der Waals surface area contributed by atoms with Crippen LogP contribution in [0, 0.1) is 5.82 Å². The quantitative estimate of drug-likeness (QED) is 0.861. The van der Waals surface area contributed by atoms with Crippen LogP contribution in [0.4, 0.5) is 4.39 Å². The predicted octanol–water partition coefficient (Wildman–Crippen LogP) is 1.63. The van der Waals surface area contributed by atoms with Crippen molar-refractivity contribution < 1.29 is 14.3 Å². The summed E-state index contributed by atoms with van der Waals surface area (Å²) in [5.74, 6) is -1.15. The van der Waals surface area contributed by atoms with Crippen molar-refractivity contribution in [1.29, 1.82) is 0 Å². The minimum atomic E-state index is -1.07. The van der Waals surface area contributed by atoms with Crippen molar-refractivity contribution in [2.45, 2.75) is 12.5 Å². The van der Waals surface area contributed by atoms with Crippen molar-refractivity contribution in [2.24, 2.45) is 0 Å². The third kappa shape index (κ3) is 4.89. The Hall–Kier alpha value is -0.980. The first-order valence-electron chi connectivity index (χ1n) is 5.82. The molecule has 106 valence electrons. The van der Waals surface area contributed by atoms with E-state index < -0.39 is 17.3 Å². The Labute approximate surface area is 120 Å². The fourth-order valence-electron chi connectivity index (χ4n) is 1.81. The van der Waals surface area contributed by atoms with E-state index in [1.807, 2.05) is 19.0 Å². The lowest BCUT2D eigenvalue weighted by molar-refractivity contribution is 0.0325. The normalized spacial score (nSPS) is 14.3. The van der Waals surface area contributed by atoms with Gasteiger partial charge in [-0.05, 0) is 49.1 Å².